The summed E-state index contributed by atoms with van der Waals surface area (Å²) in [4.78, 5) is 4.56. The number of halogens is 1. The third kappa shape index (κ3) is 2.89. The molecule has 0 spiro atoms. The van der Waals surface area contributed by atoms with Gasteiger partial charge >= 0.3 is 0 Å². The van der Waals surface area contributed by atoms with Crippen molar-refractivity contribution >= 4 is 34.2 Å². The molecule has 1 atom stereocenters. The number of benzene rings is 1. The van der Waals surface area contributed by atoms with Crippen LogP contribution in [0.5, 0.6) is 0 Å². The summed E-state index contributed by atoms with van der Waals surface area (Å²) in [7, 11) is 0. The van der Waals surface area contributed by atoms with E-state index in [1.54, 1.807) is 11.8 Å². The summed E-state index contributed by atoms with van der Waals surface area (Å²) in [6.45, 7) is 2.17. The van der Waals surface area contributed by atoms with Crippen molar-refractivity contribution in [3.63, 3.8) is 0 Å². The molecule has 0 amide bonds. The Balaban J connectivity index is 2.00. The molecule has 1 heterocycles. The van der Waals surface area contributed by atoms with Gasteiger partial charge in [-0.25, -0.2) is 0 Å². The topological polar surface area (TPSA) is 24.4 Å². The number of aliphatic imine (C=N–C) groups is 1. The zero-order valence-electron chi connectivity index (χ0n) is 8.53. The van der Waals surface area contributed by atoms with Gasteiger partial charge in [0.1, 0.15) is 0 Å². The maximum absolute atomic E-state index is 5.81. The largest absolute Gasteiger partial charge is 0.335 e. The number of nitrogens with zero attached hydrogens (tertiary/aromatic N) is 1. The summed E-state index contributed by atoms with van der Waals surface area (Å²) < 4.78 is 0. The van der Waals surface area contributed by atoms with Crippen LogP contribution in [-0.4, -0.2) is 17.0 Å². The highest BCUT2D eigenvalue weighted by Gasteiger charge is 2.15. The highest BCUT2D eigenvalue weighted by Crippen LogP contribution is 2.22. The SMILES string of the molecule is CCC1CSC(Nc2ccc(Cl)cc2)=N1. The Kier molecular flexibility index (Phi) is 3.54. The number of anilines is 1. The third-order valence-electron chi connectivity index (χ3n) is 2.28. The molecule has 1 aliphatic heterocycles. The number of rotatable bonds is 2. The molecule has 1 aliphatic rings. The molecule has 4 heteroatoms. The van der Waals surface area contributed by atoms with Gasteiger partial charge in [0.2, 0.25) is 0 Å². The molecule has 2 rings (SSSR count). The fourth-order valence-corrected chi connectivity index (χ4v) is 2.55. The van der Waals surface area contributed by atoms with Gasteiger partial charge in [0.25, 0.3) is 0 Å². The molecule has 0 bridgehead atoms. The Morgan fingerprint density at radius 1 is 1.47 bits per heavy atom. The minimum absolute atomic E-state index is 0.477. The zero-order valence-corrected chi connectivity index (χ0v) is 10.1. The average molecular weight is 241 g/mol. The van der Waals surface area contributed by atoms with Crippen molar-refractivity contribution in [2.45, 2.75) is 19.4 Å². The lowest BCUT2D eigenvalue weighted by Crippen LogP contribution is -2.04. The van der Waals surface area contributed by atoms with Gasteiger partial charge < -0.3 is 5.32 Å². The van der Waals surface area contributed by atoms with Crippen LogP contribution < -0.4 is 5.32 Å². The minimum Gasteiger partial charge on any atom is -0.335 e. The molecule has 1 aromatic carbocycles. The molecular formula is C11H13ClN2S. The van der Waals surface area contributed by atoms with Crippen LogP contribution in [0.3, 0.4) is 0 Å². The molecule has 0 radical (unpaired) electrons. The van der Waals surface area contributed by atoms with Crippen LogP contribution in [0.25, 0.3) is 0 Å². The number of amidine groups is 1. The summed E-state index contributed by atoms with van der Waals surface area (Å²) in [6.07, 6.45) is 1.11. The second-order valence-corrected chi connectivity index (χ2v) is 4.88. The molecule has 2 nitrogen and oxygen atoms in total. The zero-order chi connectivity index (χ0) is 10.7. The fourth-order valence-electron chi connectivity index (χ4n) is 1.35. The van der Waals surface area contributed by atoms with Gasteiger partial charge in [0.15, 0.2) is 5.17 Å². The second-order valence-electron chi connectivity index (χ2n) is 3.44. The van der Waals surface area contributed by atoms with Crippen LogP contribution in [0, 0.1) is 0 Å². The van der Waals surface area contributed by atoms with Crippen LogP contribution in [0.1, 0.15) is 13.3 Å². The summed E-state index contributed by atoms with van der Waals surface area (Å²) in [5.74, 6) is 1.09. The van der Waals surface area contributed by atoms with Gasteiger partial charge in [0.05, 0.1) is 6.04 Å². The van der Waals surface area contributed by atoms with E-state index >= 15 is 0 Å². The Hall–Kier alpha value is -0.670. The first-order valence-corrected chi connectivity index (χ1v) is 6.37. The monoisotopic (exact) mass is 240 g/mol. The van der Waals surface area contributed by atoms with Gasteiger partial charge in [-0.3, -0.25) is 4.99 Å². The molecule has 1 N–H and O–H groups in total. The molecule has 1 unspecified atom stereocenters. The first-order chi connectivity index (χ1) is 7.28. The Labute approximate surface area is 99.1 Å². The predicted molar refractivity (Wildman–Crippen MR) is 69.0 cm³/mol. The summed E-state index contributed by atoms with van der Waals surface area (Å²) in [6, 6.07) is 8.16. The second kappa shape index (κ2) is 4.90. The molecule has 1 aromatic rings. The summed E-state index contributed by atoms with van der Waals surface area (Å²) in [5.41, 5.74) is 1.04. The van der Waals surface area contributed by atoms with Gasteiger partial charge in [-0.15, -0.1) is 0 Å². The molecule has 0 aromatic heterocycles. The Morgan fingerprint density at radius 2 is 2.20 bits per heavy atom. The average Bonchev–Trinajstić information content (AvgIpc) is 2.69. The van der Waals surface area contributed by atoms with Crippen molar-refractivity contribution in [2.75, 3.05) is 11.1 Å². The van der Waals surface area contributed by atoms with E-state index in [1.807, 2.05) is 24.3 Å². The third-order valence-corrected chi connectivity index (χ3v) is 3.56. The Morgan fingerprint density at radius 3 is 2.80 bits per heavy atom. The van der Waals surface area contributed by atoms with Crippen molar-refractivity contribution in [2.24, 2.45) is 4.99 Å². The lowest BCUT2D eigenvalue weighted by Gasteiger charge is -2.04. The molecule has 0 saturated carbocycles. The molecular weight excluding hydrogens is 228 g/mol. The molecule has 0 saturated heterocycles. The maximum atomic E-state index is 5.81. The van der Waals surface area contributed by atoms with E-state index in [2.05, 4.69) is 17.2 Å². The van der Waals surface area contributed by atoms with Crippen LogP contribution in [0.4, 0.5) is 5.69 Å². The quantitative estimate of drug-likeness (QED) is 0.854. The molecule has 0 aliphatic carbocycles. The van der Waals surface area contributed by atoms with Gasteiger partial charge in [0, 0.05) is 16.5 Å². The Bertz CT molecular complexity index is 361. The van der Waals surface area contributed by atoms with Crippen molar-refractivity contribution < 1.29 is 0 Å². The lowest BCUT2D eigenvalue weighted by atomic mass is 10.3. The van der Waals surface area contributed by atoms with Gasteiger partial charge in [-0.05, 0) is 30.7 Å². The number of hydrogen-bond acceptors (Lipinski definition) is 3. The van der Waals surface area contributed by atoms with Crippen LogP contribution in [0.15, 0.2) is 29.3 Å². The van der Waals surface area contributed by atoms with Crippen molar-refractivity contribution in [1.82, 2.24) is 0 Å². The van der Waals surface area contributed by atoms with Crippen LogP contribution in [-0.2, 0) is 0 Å². The number of hydrogen-bond donors (Lipinski definition) is 1. The fraction of sp³-hybridized carbons (Fsp3) is 0.364. The van der Waals surface area contributed by atoms with E-state index in [9.17, 15) is 0 Å². The first kappa shape index (κ1) is 10.8. The van der Waals surface area contributed by atoms with E-state index in [0.717, 1.165) is 28.1 Å². The lowest BCUT2D eigenvalue weighted by molar-refractivity contribution is 0.738. The molecule has 15 heavy (non-hydrogen) atoms. The van der Waals surface area contributed by atoms with E-state index < -0.39 is 0 Å². The van der Waals surface area contributed by atoms with Crippen LogP contribution in [0.2, 0.25) is 5.02 Å². The number of nitrogens with one attached hydrogen (secondary N) is 1. The van der Waals surface area contributed by atoms with Gasteiger partial charge in [-0.1, -0.05) is 30.3 Å². The van der Waals surface area contributed by atoms with Crippen molar-refractivity contribution in [3.8, 4) is 0 Å². The summed E-state index contributed by atoms with van der Waals surface area (Å²) >= 11 is 7.59. The highest BCUT2D eigenvalue weighted by molar-refractivity contribution is 8.14. The predicted octanol–water partition coefficient (Wildman–Crippen LogP) is 3.63. The minimum atomic E-state index is 0.477. The van der Waals surface area contributed by atoms with E-state index in [1.165, 1.54) is 0 Å². The van der Waals surface area contributed by atoms with Crippen molar-refractivity contribution in [3.05, 3.63) is 29.3 Å². The van der Waals surface area contributed by atoms with E-state index in [4.69, 9.17) is 11.6 Å². The standard InChI is InChI=1S/C11H13ClN2S/c1-2-9-7-15-11(13-9)14-10-5-3-8(12)4-6-10/h3-6,9H,2,7H2,1H3,(H,13,14). The normalized spacial score (nSPS) is 20.1. The molecule has 0 fully saturated rings. The van der Waals surface area contributed by atoms with Crippen molar-refractivity contribution in [1.29, 1.82) is 0 Å². The van der Waals surface area contributed by atoms with E-state index in [-0.39, 0.29) is 0 Å². The molecule has 80 valence electrons. The summed E-state index contributed by atoms with van der Waals surface area (Å²) in [5, 5.41) is 5.06. The first-order valence-electron chi connectivity index (χ1n) is 5.01. The smallest absolute Gasteiger partial charge is 0.161 e. The highest BCUT2D eigenvalue weighted by atomic mass is 35.5. The maximum Gasteiger partial charge on any atom is 0.161 e. The number of thioether (sulfide) groups is 1. The van der Waals surface area contributed by atoms with Crippen LogP contribution >= 0.6 is 23.4 Å². The van der Waals surface area contributed by atoms with Gasteiger partial charge in [-0.2, -0.15) is 0 Å². The van der Waals surface area contributed by atoms with E-state index in [0.29, 0.717) is 6.04 Å².